The normalized spacial score (nSPS) is 48.6. The summed E-state index contributed by atoms with van der Waals surface area (Å²) >= 11 is 0. The Kier molecular flexibility index (Phi) is 6.01. The topological polar surface area (TPSA) is 76.1 Å². The molecule has 1 aliphatic heterocycles. The maximum Gasteiger partial charge on any atom is 0.303 e. The lowest BCUT2D eigenvalue weighted by molar-refractivity contribution is -0.162. The Morgan fingerprint density at radius 3 is 2.27 bits per heavy atom. The van der Waals surface area contributed by atoms with E-state index in [-0.39, 0.29) is 44.7 Å². The highest BCUT2D eigenvalue weighted by molar-refractivity contribution is 5.88. The van der Waals surface area contributed by atoms with Crippen LogP contribution in [0.15, 0.2) is 0 Å². The molecule has 0 spiro atoms. The molecule has 1 heterocycles. The fourth-order valence-electron chi connectivity index (χ4n) is 11.2. The lowest BCUT2D eigenvalue weighted by atomic mass is 9.38. The van der Waals surface area contributed by atoms with Gasteiger partial charge in [-0.2, -0.15) is 0 Å². The number of hydrogen-bond donors (Lipinski definition) is 1. The van der Waals surface area contributed by atoms with E-state index in [1.54, 1.807) is 13.8 Å². The Morgan fingerprint density at radius 1 is 0.946 bits per heavy atom. The molecule has 4 unspecified atom stereocenters. The van der Waals surface area contributed by atoms with Gasteiger partial charge < -0.3 is 14.6 Å². The first-order chi connectivity index (χ1) is 16.9. The quantitative estimate of drug-likeness (QED) is 0.316. The van der Waals surface area contributed by atoms with Gasteiger partial charge in [0.1, 0.15) is 11.2 Å². The van der Waals surface area contributed by atoms with Crippen molar-refractivity contribution in [2.24, 2.45) is 39.4 Å². The van der Waals surface area contributed by atoms with E-state index in [1.807, 2.05) is 0 Å². The Morgan fingerprint density at radius 2 is 1.62 bits per heavy atom. The molecule has 9 atom stereocenters. The Hall–Kier alpha value is -0.940. The van der Waals surface area contributed by atoms with E-state index >= 15 is 0 Å². The highest BCUT2D eigenvalue weighted by Crippen LogP contribution is 2.86. The average molecular weight is 517 g/mol. The summed E-state index contributed by atoms with van der Waals surface area (Å²) in [6, 6.07) is 0. The fraction of sp³-hybridized carbons (Fsp3) is 0.938. The molecule has 5 aliphatic rings. The third-order valence-corrected chi connectivity index (χ3v) is 13.6. The number of carbonyl (C=O) groups is 2. The number of epoxide rings is 1. The number of fused-ring (bicyclic) bond motifs is 2. The van der Waals surface area contributed by atoms with E-state index in [9.17, 15) is 14.7 Å². The van der Waals surface area contributed by atoms with Crippen molar-refractivity contribution < 1.29 is 24.2 Å². The average Bonchev–Trinajstić information content (AvgIpc) is 3.43. The monoisotopic (exact) mass is 516 g/mol. The maximum absolute atomic E-state index is 12.9. The lowest BCUT2D eigenvalue weighted by Gasteiger charge is -2.64. The van der Waals surface area contributed by atoms with Crippen LogP contribution in [0.1, 0.15) is 127 Å². The Balaban J connectivity index is 1.36. The second-order valence-electron chi connectivity index (χ2n) is 15.6. The molecule has 0 amide bonds. The Bertz CT molecular complexity index is 986. The highest BCUT2D eigenvalue weighted by atomic mass is 16.6. The molecule has 0 aromatic carbocycles. The second-order valence-corrected chi connectivity index (χ2v) is 15.6. The number of aliphatic hydroxyl groups is 1. The van der Waals surface area contributed by atoms with Crippen LogP contribution >= 0.6 is 0 Å². The van der Waals surface area contributed by atoms with Gasteiger partial charge in [-0.3, -0.25) is 9.59 Å². The summed E-state index contributed by atoms with van der Waals surface area (Å²) in [7, 11) is 0. The molecule has 0 bridgehead atoms. The summed E-state index contributed by atoms with van der Waals surface area (Å²) in [6.45, 7) is 19.3. The lowest BCUT2D eigenvalue weighted by Crippen LogP contribution is -2.66. The first kappa shape index (κ1) is 27.6. The van der Waals surface area contributed by atoms with E-state index in [0.717, 1.165) is 38.5 Å². The van der Waals surface area contributed by atoms with Crippen LogP contribution < -0.4 is 0 Å². The van der Waals surface area contributed by atoms with Crippen LogP contribution in [0, 0.1) is 39.4 Å². The van der Waals surface area contributed by atoms with Crippen LogP contribution in [-0.4, -0.2) is 39.8 Å². The summed E-state index contributed by atoms with van der Waals surface area (Å²) in [5.74, 6) is 1.10. The summed E-state index contributed by atoms with van der Waals surface area (Å²) in [5, 5.41) is 10.9. The smallest absolute Gasteiger partial charge is 0.303 e. The van der Waals surface area contributed by atoms with Gasteiger partial charge in [0.05, 0.1) is 6.10 Å². The molecule has 0 aromatic heterocycles. The molecule has 5 nitrogen and oxygen atoms in total. The van der Waals surface area contributed by atoms with E-state index in [0.29, 0.717) is 24.2 Å². The third kappa shape index (κ3) is 3.28. The molecular formula is C32H52O5. The molecule has 1 N–H and O–H groups in total. The summed E-state index contributed by atoms with van der Waals surface area (Å²) in [6.07, 6.45) is 9.98. The molecule has 5 fully saturated rings. The van der Waals surface area contributed by atoms with Crippen molar-refractivity contribution in [3.05, 3.63) is 0 Å². The number of aliphatic hydroxyl groups excluding tert-OH is 1. The van der Waals surface area contributed by atoms with Crippen molar-refractivity contribution in [3.8, 4) is 0 Å². The van der Waals surface area contributed by atoms with E-state index in [4.69, 9.17) is 9.47 Å². The van der Waals surface area contributed by atoms with Crippen LogP contribution in [0.2, 0.25) is 0 Å². The van der Waals surface area contributed by atoms with Gasteiger partial charge in [0.15, 0.2) is 11.4 Å². The second kappa shape index (κ2) is 8.05. The summed E-state index contributed by atoms with van der Waals surface area (Å²) in [4.78, 5) is 24.4. The van der Waals surface area contributed by atoms with Gasteiger partial charge in [0, 0.05) is 24.2 Å². The Labute approximate surface area is 224 Å². The van der Waals surface area contributed by atoms with Crippen molar-refractivity contribution in [2.75, 3.05) is 0 Å². The minimum atomic E-state index is -1.06. The van der Waals surface area contributed by atoms with E-state index in [1.165, 1.54) is 26.2 Å². The van der Waals surface area contributed by atoms with Gasteiger partial charge in [-0.05, 0) is 100 Å². The van der Waals surface area contributed by atoms with Gasteiger partial charge in [-0.1, -0.05) is 41.5 Å². The van der Waals surface area contributed by atoms with Gasteiger partial charge in [0.25, 0.3) is 0 Å². The molecule has 0 radical (unpaired) electrons. The highest BCUT2D eigenvalue weighted by Gasteiger charge is 2.90. The van der Waals surface area contributed by atoms with E-state index in [2.05, 4.69) is 41.5 Å². The molecule has 5 rings (SSSR count). The van der Waals surface area contributed by atoms with Crippen LogP contribution in [0.3, 0.4) is 0 Å². The fourth-order valence-corrected chi connectivity index (χ4v) is 11.2. The molecule has 0 aromatic rings. The van der Waals surface area contributed by atoms with Crippen LogP contribution in [0.5, 0.6) is 0 Å². The molecule has 4 saturated carbocycles. The minimum absolute atomic E-state index is 0.0144. The van der Waals surface area contributed by atoms with Crippen LogP contribution in [-0.2, 0) is 19.1 Å². The SMILES string of the molecule is CC(=O)OC(C)(C)C(=O)CCC(C)C1CC[C@@]2(C)C34CC[C@H]5C(C)(C)[C@@H](O)CC[C@]5(C)C3(CC[C@]12C)O4. The van der Waals surface area contributed by atoms with Crippen molar-refractivity contribution in [3.63, 3.8) is 0 Å². The third-order valence-electron chi connectivity index (χ3n) is 13.6. The largest absolute Gasteiger partial charge is 0.452 e. The molecule has 210 valence electrons. The van der Waals surface area contributed by atoms with Crippen molar-refractivity contribution in [1.29, 1.82) is 0 Å². The van der Waals surface area contributed by atoms with E-state index < -0.39 is 11.6 Å². The number of rotatable bonds is 6. The van der Waals surface area contributed by atoms with Crippen LogP contribution in [0.25, 0.3) is 0 Å². The van der Waals surface area contributed by atoms with Gasteiger partial charge in [-0.15, -0.1) is 0 Å². The predicted octanol–water partition coefficient (Wildman–Crippen LogP) is 6.63. The molecule has 5 heteroatoms. The van der Waals surface area contributed by atoms with Gasteiger partial charge >= 0.3 is 5.97 Å². The van der Waals surface area contributed by atoms with Crippen molar-refractivity contribution in [1.82, 2.24) is 0 Å². The first-order valence-electron chi connectivity index (χ1n) is 15.1. The zero-order chi connectivity index (χ0) is 27.4. The number of ether oxygens (including phenoxy) is 2. The molecule has 1 saturated heterocycles. The number of ketones is 1. The van der Waals surface area contributed by atoms with Crippen molar-refractivity contribution in [2.45, 2.75) is 149 Å². The number of hydrogen-bond acceptors (Lipinski definition) is 5. The minimum Gasteiger partial charge on any atom is -0.452 e. The van der Waals surface area contributed by atoms with Gasteiger partial charge in [0.2, 0.25) is 0 Å². The number of Topliss-reactive ketones (excluding diaryl/α,β-unsaturated/α-hetero) is 1. The number of carbonyl (C=O) groups excluding carboxylic acids is 2. The first-order valence-corrected chi connectivity index (χ1v) is 15.1. The molecular weight excluding hydrogens is 464 g/mol. The zero-order valence-corrected chi connectivity index (χ0v) is 25.0. The predicted molar refractivity (Wildman–Crippen MR) is 144 cm³/mol. The summed E-state index contributed by atoms with van der Waals surface area (Å²) < 4.78 is 12.5. The zero-order valence-electron chi connectivity index (χ0n) is 25.0. The molecule has 37 heavy (non-hydrogen) atoms. The molecule has 4 aliphatic carbocycles. The number of esters is 1. The standard InChI is InChI=1S/C32H52O5/c1-20(10-11-25(35)27(5,6)36-21(2)33)22-12-16-30(9)28(22,7)18-19-31-29(8)15-14-24(34)26(3,4)23(29)13-17-32(30,31)37-31/h20,22-24,34H,10-19H2,1-9H3/t20?,22?,23-,24-,28+,29-,30+,31?,32?/m0/s1. The maximum atomic E-state index is 12.9. The van der Waals surface area contributed by atoms with Crippen LogP contribution in [0.4, 0.5) is 0 Å². The van der Waals surface area contributed by atoms with Crippen molar-refractivity contribution >= 4 is 11.8 Å². The summed E-state index contributed by atoms with van der Waals surface area (Å²) in [5.41, 5.74) is -0.771. The van der Waals surface area contributed by atoms with Gasteiger partial charge in [-0.25, -0.2) is 0 Å².